The number of aliphatic hydroxyl groups excluding tert-OH is 1. The minimum Gasteiger partial charge on any atom is -0.392 e. The fourth-order valence-corrected chi connectivity index (χ4v) is 4.71. The van der Waals surface area contributed by atoms with Gasteiger partial charge in [-0.2, -0.15) is 0 Å². The minimum absolute atomic E-state index is 0.279. The van der Waals surface area contributed by atoms with Gasteiger partial charge in [0.15, 0.2) is 0 Å². The molecule has 0 unspecified atom stereocenters. The Hall–Kier alpha value is -2.32. The molecule has 2 fully saturated rings. The maximum absolute atomic E-state index is 14.0. The molecule has 3 N–H and O–H groups in total. The van der Waals surface area contributed by atoms with Crippen molar-refractivity contribution in [2.75, 3.05) is 11.9 Å². The molecule has 3 heterocycles. The topological polar surface area (TPSA) is 98.7 Å². The second kappa shape index (κ2) is 6.10. The summed E-state index contributed by atoms with van der Waals surface area (Å²) in [6.45, 7) is 3.75. The summed E-state index contributed by atoms with van der Waals surface area (Å²) in [5.74, 6) is -3.74. The van der Waals surface area contributed by atoms with Crippen LogP contribution in [-0.4, -0.2) is 46.4 Å². The summed E-state index contributed by atoms with van der Waals surface area (Å²) in [6.07, 6.45) is 0.503. The monoisotopic (exact) mass is 375 g/mol. The highest BCUT2D eigenvalue weighted by molar-refractivity contribution is 6.15. The summed E-state index contributed by atoms with van der Waals surface area (Å²) in [7, 11) is 0. The lowest BCUT2D eigenvalue weighted by Gasteiger charge is -2.30. The van der Waals surface area contributed by atoms with Crippen LogP contribution in [0.1, 0.15) is 32.3 Å². The number of nitrogens with one attached hydrogen (secondary N) is 2. The third-order valence-electron chi connectivity index (χ3n) is 5.96. The molecule has 3 aliphatic heterocycles. The first kappa shape index (κ1) is 18.1. The maximum Gasteiger partial charge on any atom is 0.250 e. The lowest BCUT2D eigenvalue weighted by molar-refractivity contribution is -0.143. The van der Waals surface area contributed by atoms with Gasteiger partial charge in [0.05, 0.1) is 17.9 Å². The third kappa shape index (κ3) is 2.29. The number of carbonyl (C=O) groups is 3. The van der Waals surface area contributed by atoms with Crippen molar-refractivity contribution in [3.8, 4) is 0 Å². The number of aliphatic hydroxyl groups is 1. The zero-order valence-electron chi connectivity index (χ0n) is 15.2. The van der Waals surface area contributed by atoms with E-state index < -0.39 is 47.2 Å². The first-order valence-corrected chi connectivity index (χ1v) is 9.25. The van der Waals surface area contributed by atoms with Gasteiger partial charge in [0.25, 0.3) is 0 Å². The van der Waals surface area contributed by atoms with Crippen molar-refractivity contribution in [1.82, 2.24) is 10.2 Å². The van der Waals surface area contributed by atoms with Crippen molar-refractivity contribution in [2.45, 2.75) is 44.4 Å². The van der Waals surface area contributed by atoms with Crippen LogP contribution in [0.5, 0.6) is 0 Å². The standard InChI is InChI=1S/C19H22FN3O4/c1-3-4-7-23-16(25)13-14(17(23)26)19(22-15(13)9(2)24)11-8-10(20)5-6-12(11)21-18(19)27/h5-6,8-9,13-15,22,24H,3-4,7H2,1-2H3,(H,21,27)/t9-,13+,14+,15+,19+/m1/s1. The molecule has 3 amide bonds. The fourth-order valence-electron chi connectivity index (χ4n) is 4.71. The molecular formula is C19H22FN3O4. The number of halogens is 1. The summed E-state index contributed by atoms with van der Waals surface area (Å²) in [6, 6.07) is 3.11. The van der Waals surface area contributed by atoms with E-state index in [1.165, 1.54) is 30.0 Å². The Balaban J connectivity index is 1.86. The molecule has 0 aliphatic carbocycles. The maximum atomic E-state index is 14.0. The van der Waals surface area contributed by atoms with Crippen molar-refractivity contribution in [3.63, 3.8) is 0 Å². The number of hydrogen-bond donors (Lipinski definition) is 3. The van der Waals surface area contributed by atoms with Crippen LogP contribution in [-0.2, 0) is 19.9 Å². The lowest BCUT2D eigenvalue weighted by Crippen LogP contribution is -2.54. The van der Waals surface area contributed by atoms with Crippen LogP contribution in [0.25, 0.3) is 0 Å². The molecular weight excluding hydrogens is 353 g/mol. The first-order chi connectivity index (χ1) is 12.8. The van der Waals surface area contributed by atoms with Gasteiger partial charge in [0.1, 0.15) is 11.4 Å². The summed E-state index contributed by atoms with van der Waals surface area (Å²) >= 11 is 0. The lowest BCUT2D eigenvalue weighted by atomic mass is 9.76. The fraction of sp³-hybridized carbons (Fsp3) is 0.526. The van der Waals surface area contributed by atoms with Crippen LogP contribution < -0.4 is 10.6 Å². The van der Waals surface area contributed by atoms with Crippen molar-refractivity contribution in [2.24, 2.45) is 11.8 Å². The van der Waals surface area contributed by atoms with E-state index in [4.69, 9.17) is 0 Å². The van der Waals surface area contributed by atoms with Crippen LogP contribution in [0.3, 0.4) is 0 Å². The number of anilines is 1. The molecule has 4 rings (SSSR count). The smallest absolute Gasteiger partial charge is 0.250 e. The Morgan fingerprint density at radius 2 is 2.04 bits per heavy atom. The Labute approximate surface area is 155 Å². The molecule has 0 radical (unpaired) electrons. The second-order valence-corrected chi connectivity index (χ2v) is 7.55. The SMILES string of the molecule is CCCCN1C(=O)[C@@H]2[C@H]([C@@H](C)O)N[C@]3(C(=O)Nc4ccc(F)cc43)[C@@H]2C1=O. The molecule has 0 aromatic heterocycles. The largest absolute Gasteiger partial charge is 0.392 e. The van der Waals surface area contributed by atoms with Crippen molar-refractivity contribution < 1.29 is 23.9 Å². The van der Waals surface area contributed by atoms with Crippen molar-refractivity contribution >= 4 is 23.4 Å². The number of fused-ring (bicyclic) bond motifs is 4. The molecule has 1 spiro atoms. The molecule has 1 aromatic carbocycles. The van der Waals surface area contributed by atoms with Crippen LogP contribution >= 0.6 is 0 Å². The number of hydrogen-bond acceptors (Lipinski definition) is 5. The molecule has 2 saturated heterocycles. The molecule has 5 atom stereocenters. The third-order valence-corrected chi connectivity index (χ3v) is 5.96. The van der Waals surface area contributed by atoms with E-state index in [1.807, 2.05) is 6.92 Å². The van der Waals surface area contributed by atoms with E-state index in [-0.39, 0.29) is 12.5 Å². The average molecular weight is 375 g/mol. The quantitative estimate of drug-likeness (QED) is 0.674. The minimum atomic E-state index is -1.56. The Bertz CT molecular complexity index is 842. The van der Waals surface area contributed by atoms with E-state index in [2.05, 4.69) is 10.6 Å². The number of unbranched alkanes of at least 4 members (excludes halogenated alkanes) is 1. The van der Waals surface area contributed by atoms with Crippen molar-refractivity contribution in [1.29, 1.82) is 0 Å². The van der Waals surface area contributed by atoms with Crippen LogP contribution in [0.15, 0.2) is 18.2 Å². The van der Waals surface area contributed by atoms with Crippen LogP contribution in [0, 0.1) is 17.7 Å². The average Bonchev–Trinajstić information content (AvgIpc) is 3.20. The Morgan fingerprint density at radius 1 is 1.30 bits per heavy atom. The van der Waals surface area contributed by atoms with Crippen LogP contribution in [0.2, 0.25) is 0 Å². The summed E-state index contributed by atoms with van der Waals surface area (Å²) in [5.41, 5.74) is -0.840. The summed E-state index contributed by atoms with van der Waals surface area (Å²) in [4.78, 5) is 40.4. The van der Waals surface area contributed by atoms with E-state index in [0.29, 0.717) is 17.7 Å². The molecule has 3 aliphatic rings. The van der Waals surface area contributed by atoms with Gasteiger partial charge in [-0.1, -0.05) is 13.3 Å². The molecule has 0 saturated carbocycles. The summed E-state index contributed by atoms with van der Waals surface area (Å²) < 4.78 is 14.0. The first-order valence-electron chi connectivity index (χ1n) is 9.25. The van der Waals surface area contributed by atoms with Crippen LogP contribution in [0.4, 0.5) is 10.1 Å². The number of rotatable bonds is 4. The predicted molar refractivity (Wildman–Crippen MR) is 93.9 cm³/mol. The molecule has 144 valence electrons. The summed E-state index contributed by atoms with van der Waals surface area (Å²) in [5, 5.41) is 16.0. The second-order valence-electron chi connectivity index (χ2n) is 7.55. The normalized spacial score (nSPS) is 32.8. The number of likely N-dealkylation sites (tertiary alicyclic amines) is 1. The number of amides is 3. The van der Waals surface area contributed by atoms with E-state index in [9.17, 15) is 23.9 Å². The molecule has 7 nitrogen and oxygen atoms in total. The van der Waals surface area contributed by atoms with Gasteiger partial charge in [0.2, 0.25) is 17.7 Å². The molecule has 0 bridgehead atoms. The van der Waals surface area contributed by atoms with E-state index in [0.717, 1.165) is 6.42 Å². The van der Waals surface area contributed by atoms with Gasteiger partial charge >= 0.3 is 0 Å². The zero-order chi connectivity index (χ0) is 19.5. The number of benzene rings is 1. The highest BCUT2D eigenvalue weighted by Crippen LogP contribution is 2.53. The van der Waals surface area contributed by atoms with E-state index >= 15 is 0 Å². The number of nitrogens with zero attached hydrogens (tertiary/aromatic N) is 1. The van der Waals surface area contributed by atoms with Gasteiger partial charge < -0.3 is 10.4 Å². The van der Waals surface area contributed by atoms with Gasteiger partial charge in [-0.3, -0.25) is 24.6 Å². The van der Waals surface area contributed by atoms with Gasteiger partial charge in [-0.25, -0.2) is 4.39 Å². The zero-order valence-corrected chi connectivity index (χ0v) is 15.2. The number of imide groups is 1. The molecule has 1 aromatic rings. The van der Waals surface area contributed by atoms with Gasteiger partial charge in [-0.15, -0.1) is 0 Å². The Kier molecular flexibility index (Phi) is 4.08. The van der Waals surface area contributed by atoms with E-state index in [1.54, 1.807) is 0 Å². The van der Waals surface area contributed by atoms with Gasteiger partial charge in [-0.05, 0) is 31.5 Å². The highest BCUT2D eigenvalue weighted by atomic mass is 19.1. The van der Waals surface area contributed by atoms with Crippen molar-refractivity contribution in [3.05, 3.63) is 29.6 Å². The highest BCUT2D eigenvalue weighted by Gasteiger charge is 2.71. The molecule has 8 heteroatoms. The Morgan fingerprint density at radius 3 is 2.70 bits per heavy atom. The molecule has 27 heavy (non-hydrogen) atoms. The number of carbonyl (C=O) groups excluding carboxylic acids is 3. The van der Waals surface area contributed by atoms with Gasteiger partial charge in [0, 0.05) is 23.8 Å². The predicted octanol–water partition coefficient (Wildman–Crippen LogP) is 0.727.